The first kappa shape index (κ1) is 14.8. The van der Waals surface area contributed by atoms with Crippen LogP contribution < -0.4 is 5.69 Å². The lowest BCUT2D eigenvalue weighted by Crippen LogP contribution is -2.24. The molecule has 0 aliphatic rings. The van der Waals surface area contributed by atoms with Crippen LogP contribution in [0.5, 0.6) is 5.88 Å². The van der Waals surface area contributed by atoms with Crippen LogP contribution in [0.1, 0.15) is 5.56 Å². The minimum absolute atomic E-state index is 0.0296. The highest BCUT2D eigenvalue weighted by Gasteiger charge is 2.14. The van der Waals surface area contributed by atoms with Crippen LogP contribution in [0.15, 0.2) is 41.6 Å². The molecule has 23 heavy (non-hydrogen) atoms. The smallest absolute Gasteiger partial charge is 0.350 e. The highest BCUT2D eigenvalue weighted by molar-refractivity contribution is 5.30. The molecule has 6 nitrogen and oxygen atoms in total. The summed E-state index contributed by atoms with van der Waals surface area (Å²) in [6, 6.07) is 4.23. The summed E-state index contributed by atoms with van der Waals surface area (Å²) in [7, 11) is 0. The van der Waals surface area contributed by atoms with Crippen molar-refractivity contribution in [1.29, 1.82) is 0 Å². The molecule has 2 aromatic heterocycles. The van der Waals surface area contributed by atoms with E-state index in [1.165, 1.54) is 6.07 Å². The quantitative estimate of drug-likeness (QED) is 0.795. The molecule has 118 valence electrons. The van der Waals surface area contributed by atoms with Gasteiger partial charge in [-0.2, -0.15) is 9.78 Å². The van der Waals surface area contributed by atoms with Gasteiger partial charge in [-0.1, -0.05) is 6.07 Å². The predicted octanol–water partition coefficient (Wildman–Crippen LogP) is 1.60. The number of hydrogen-bond donors (Lipinski definition) is 1. The maximum atomic E-state index is 13.6. The molecule has 3 aromatic rings. The van der Waals surface area contributed by atoms with Gasteiger partial charge in [0, 0.05) is 11.6 Å². The molecule has 1 N–H and O–H groups in total. The lowest BCUT2D eigenvalue weighted by atomic mass is 10.2. The average Bonchev–Trinajstić information content (AvgIpc) is 2.87. The van der Waals surface area contributed by atoms with Gasteiger partial charge >= 0.3 is 5.69 Å². The molecule has 0 bridgehead atoms. The zero-order chi connectivity index (χ0) is 16.6. The summed E-state index contributed by atoms with van der Waals surface area (Å²) in [6.07, 6.45) is 2.11. The Labute approximate surface area is 127 Å². The Kier molecular flexibility index (Phi) is 3.61. The van der Waals surface area contributed by atoms with Crippen LogP contribution in [0.25, 0.3) is 5.69 Å². The van der Waals surface area contributed by atoms with Crippen molar-refractivity contribution < 1.29 is 18.3 Å². The molecule has 2 heterocycles. The molecule has 0 fully saturated rings. The van der Waals surface area contributed by atoms with Gasteiger partial charge in [0.2, 0.25) is 5.88 Å². The predicted molar refractivity (Wildman–Crippen MR) is 72.7 cm³/mol. The van der Waals surface area contributed by atoms with Gasteiger partial charge in [0.25, 0.3) is 0 Å². The van der Waals surface area contributed by atoms with Gasteiger partial charge in [-0.15, -0.1) is 0 Å². The van der Waals surface area contributed by atoms with Crippen molar-refractivity contribution in [3.8, 4) is 11.6 Å². The normalized spacial score (nSPS) is 10.9. The van der Waals surface area contributed by atoms with Gasteiger partial charge in [-0.25, -0.2) is 22.9 Å². The van der Waals surface area contributed by atoms with Crippen LogP contribution in [0.4, 0.5) is 13.2 Å². The van der Waals surface area contributed by atoms with Crippen molar-refractivity contribution in [1.82, 2.24) is 19.3 Å². The first-order valence-electron chi connectivity index (χ1n) is 6.39. The van der Waals surface area contributed by atoms with Crippen LogP contribution >= 0.6 is 0 Å². The Bertz CT molecular complexity index is 916. The maximum Gasteiger partial charge on any atom is 0.350 e. The third-order valence-electron chi connectivity index (χ3n) is 3.18. The van der Waals surface area contributed by atoms with Crippen LogP contribution in [0.3, 0.4) is 0 Å². The van der Waals surface area contributed by atoms with E-state index in [0.29, 0.717) is 0 Å². The number of nitrogens with zero attached hydrogens (tertiary/aromatic N) is 4. The second kappa shape index (κ2) is 5.59. The van der Waals surface area contributed by atoms with E-state index >= 15 is 0 Å². The van der Waals surface area contributed by atoms with Gasteiger partial charge in [0.15, 0.2) is 5.82 Å². The molecule has 0 atom stereocenters. The van der Waals surface area contributed by atoms with Gasteiger partial charge < -0.3 is 5.11 Å². The van der Waals surface area contributed by atoms with E-state index in [2.05, 4.69) is 10.1 Å². The molecule has 0 radical (unpaired) electrons. The summed E-state index contributed by atoms with van der Waals surface area (Å²) in [4.78, 5) is 15.6. The zero-order valence-electron chi connectivity index (χ0n) is 11.4. The minimum atomic E-state index is -1.02. The molecule has 0 spiro atoms. The largest absolute Gasteiger partial charge is 0.491 e. The molecule has 0 amide bonds. The number of rotatable bonds is 3. The van der Waals surface area contributed by atoms with Crippen LogP contribution in [0.2, 0.25) is 0 Å². The summed E-state index contributed by atoms with van der Waals surface area (Å²) < 4.78 is 42.3. The fourth-order valence-electron chi connectivity index (χ4n) is 2.01. The summed E-state index contributed by atoms with van der Waals surface area (Å²) >= 11 is 0. The Morgan fingerprint density at radius 2 is 1.83 bits per heavy atom. The van der Waals surface area contributed by atoms with Crippen molar-refractivity contribution in [2.24, 2.45) is 0 Å². The lowest BCUT2D eigenvalue weighted by molar-refractivity contribution is 0.411. The summed E-state index contributed by atoms with van der Waals surface area (Å²) in [5.74, 6) is -3.41. The van der Waals surface area contributed by atoms with E-state index in [1.807, 2.05) is 0 Å². The number of aromatic nitrogens is 4. The first-order chi connectivity index (χ1) is 11.0. The van der Waals surface area contributed by atoms with E-state index in [0.717, 1.165) is 40.0 Å². The fourth-order valence-corrected chi connectivity index (χ4v) is 2.01. The van der Waals surface area contributed by atoms with Gasteiger partial charge in [-0.05, 0) is 12.1 Å². The fraction of sp³-hybridized carbons (Fsp3) is 0.0714. The third kappa shape index (κ3) is 2.68. The topological polar surface area (TPSA) is 72.9 Å². The first-order valence-corrected chi connectivity index (χ1v) is 6.39. The average molecular weight is 322 g/mol. The van der Waals surface area contributed by atoms with E-state index < -0.39 is 29.0 Å². The highest BCUT2D eigenvalue weighted by Crippen LogP contribution is 2.15. The molecule has 0 aliphatic heterocycles. The van der Waals surface area contributed by atoms with E-state index in [4.69, 9.17) is 5.11 Å². The molecular formula is C14H9F3N4O2. The second-order valence-corrected chi connectivity index (χ2v) is 4.65. The summed E-state index contributed by atoms with van der Waals surface area (Å²) in [5, 5.41) is 12.8. The number of halogens is 3. The molecule has 0 unspecified atom stereocenters. The van der Waals surface area contributed by atoms with E-state index in [-0.39, 0.29) is 17.8 Å². The zero-order valence-corrected chi connectivity index (χ0v) is 11.4. The second-order valence-electron chi connectivity index (χ2n) is 4.65. The Morgan fingerprint density at radius 3 is 2.48 bits per heavy atom. The molecule has 3 rings (SSSR count). The summed E-state index contributed by atoms with van der Waals surface area (Å²) in [5.41, 5.74) is -1.05. The number of aromatic hydroxyl groups is 1. The molecule has 1 aromatic carbocycles. The van der Waals surface area contributed by atoms with Crippen LogP contribution in [-0.2, 0) is 6.54 Å². The van der Waals surface area contributed by atoms with Gasteiger partial charge in [0.1, 0.15) is 18.0 Å². The molecule has 0 saturated carbocycles. The molecule has 0 aliphatic carbocycles. The molecule has 9 heteroatoms. The highest BCUT2D eigenvalue weighted by atomic mass is 19.1. The van der Waals surface area contributed by atoms with Crippen molar-refractivity contribution in [2.75, 3.05) is 0 Å². The van der Waals surface area contributed by atoms with Crippen molar-refractivity contribution in [3.63, 3.8) is 0 Å². The van der Waals surface area contributed by atoms with Crippen LogP contribution in [-0.4, -0.2) is 24.4 Å². The Morgan fingerprint density at radius 1 is 1.13 bits per heavy atom. The van der Waals surface area contributed by atoms with Crippen molar-refractivity contribution in [2.45, 2.75) is 6.54 Å². The van der Waals surface area contributed by atoms with Crippen molar-refractivity contribution in [3.05, 3.63) is 70.3 Å². The maximum absolute atomic E-state index is 13.6. The number of hydrogen-bond acceptors (Lipinski definition) is 4. The van der Waals surface area contributed by atoms with Crippen molar-refractivity contribution >= 4 is 0 Å². The number of benzene rings is 1. The number of pyridine rings is 1. The minimum Gasteiger partial charge on any atom is -0.491 e. The SMILES string of the molecule is O=c1n(Cc2c(F)cccc2F)cnn1-c1cnc(O)c(F)c1. The van der Waals surface area contributed by atoms with E-state index in [1.54, 1.807) is 0 Å². The van der Waals surface area contributed by atoms with Gasteiger partial charge in [0.05, 0.1) is 18.4 Å². The standard InChI is InChI=1S/C14H9F3N4O2/c15-10-2-1-3-11(16)9(10)6-20-7-19-21(14(20)23)8-4-12(17)13(22)18-5-8/h1-5,7H,6H2,(H,18,22). The monoisotopic (exact) mass is 322 g/mol. The molecule has 0 saturated heterocycles. The van der Waals surface area contributed by atoms with Crippen LogP contribution in [0, 0.1) is 17.5 Å². The Balaban J connectivity index is 2.00. The van der Waals surface area contributed by atoms with E-state index in [9.17, 15) is 18.0 Å². The van der Waals surface area contributed by atoms with Gasteiger partial charge in [-0.3, -0.25) is 4.57 Å². The molecular weight excluding hydrogens is 313 g/mol. The lowest BCUT2D eigenvalue weighted by Gasteiger charge is -2.04. The Hall–Kier alpha value is -3.10. The summed E-state index contributed by atoms with van der Waals surface area (Å²) in [6.45, 7) is -0.370. The third-order valence-corrected chi connectivity index (χ3v) is 3.18.